The van der Waals surface area contributed by atoms with Crippen LogP contribution in [0.5, 0.6) is 0 Å². The first-order chi connectivity index (χ1) is 9.28. The minimum Gasteiger partial charge on any atom is -0.481 e. The van der Waals surface area contributed by atoms with Crippen molar-refractivity contribution >= 4 is 45.2 Å². The molecule has 0 saturated carbocycles. The van der Waals surface area contributed by atoms with Crippen LogP contribution in [-0.4, -0.2) is 23.7 Å². The molecule has 1 rings (SSSR count). The number of anilines is 1. The van der Waals surface area contributed by atoms with Crippen molar-refractivity contribution in [1.29, 1.82) is 0 Å². The van der Waals surface area contributed by atoms with Gasteiger partial charge in [-0.2, -0.15) is 0 Å². The Hall–Kier alpha value is -1.27. The van der Waals surface area contributed by atoms with Crippen LogP contribution in [-0.2, 0) is 4.79 Å². The molecule has 2 amide bonds. The Balaban J connectivity index is 2.62. The molecule has 0 aliphatic rings. The van der Waals surface area contributed by atoms with E-state index in [0.717, 1.165) is 0 Å². The fourth-order valence-corrected chi connectivity index (χ4v) is 2.17. The number of carbonyl (C=O) groups excluding carboxylic acids is 1. The summed E-state index contributed by atoms with van der Waals surface area (Å²) >= 11 is 9.09. The lowest BCUT2D eigenvalue weighted by Crippen LogP contribution is -2.42. The zero-order valence-electron chi connectivity index (χ0n) is 11.2. The lowest BCUT2D eigenvalue weighted by molar-refractivity contribution is -0.147. The maximum atomic E-state index is 11.8. The number of carboxylic acid groups (broad SMARTS) is 1. The van der Waals surface area contributed by atoms with Crippen LogP contribution in [0.2, 0.25) is 5.02 Å². The Morgan fingerprint density at radius 2 is 2.10 bits per heavy atom. The van der Waals surface area contributed by atoms with E-state index in [2.05, 4.69) is 26.6 Å². The maximum absolute atomic E-state index is 11.8. The summed E-state index contributed by atoms with van der Waals surface area (Å²) in [6.45, 7) is 3.41. The summed E-state index contributed by atoms with van der Waals surface area (Å²) in [7, 11) is 0. The number of benzene rings is 1. The van der Waals surface area contributed by atoms with Crippen molar-refractivity contribution in [3.63, 3.8) is 0 Å². The number of aliphatic carboxylic acids is 1. The minimum absolute atomic E-state index is 0.0515. The molecule has 5 nitrogen and oxygen atoms in total. The molecule has 0 radical (unpaired) electrons. The molecule has 0 aromatic heterocycles. The zero-order chi connectivity index (χ0) is 15.3. The molecule has 0 fully saturated rings. The Bertz CT molecular complexity index is 524. The smallest absolute Gasteiger partial charge is 0.319 e. The quantitative estimate of drug-likeness (QED) is 0.746. The molecule has 0 aliphatic carbocycles. The number of carbonyl (C=O) groups is 2. The van der Waals surface area contributed by atoms with E-state index < -0.39 is 17.4 Å². The van der Waals surface area contributed by atoms with Gasteiger partial charge in [-0.25, -0.2) is 4.79 Å². The first-order valence-corrected chi connectivity index (χ1v) is 7.19. The van der Waals surface area contributed by atoms with E-state index in [4.69, 9.17) is 16.7 Å². The van der Waals surface area contributed by atoms with Crippen molar-refractivity contribution < 1.29 is 14.7 Å². The van der Waals surface area contributed by atoms with Crippen molar-refractivity contribution in [2.75, 3.05) is 11.9 Å². The Morgan fingerprint density at radius 1 is 1.45 bits per heavy atom. The van der Waals surface area contributed by atoms with E-state index in [1.807, 2.05) is 0 Å². The number of hydrogen-bond acceptors (Lipinski definition) is 2. The summed E-state index contributed by atoms with van der Waals surface area (Å²) in [5, 5.41) is 14.8. The molecular weight excluding hydrogens is 348 g/mol. The van der Waals surface area contributed by atoms with E-state index in [1.165, 1.54) is 0 Å². The molecule has 1 aromatic carbocycles. The average molecular weight is 364 g/mol. The Labute approximate surface area is 130 Å². The van der Waals surface area contributed by atoms with Crippen molar-refractivity contribution in [2.45, 2.75) is 20.3 Å². The van der Waals surface area contributed by atoms with E-state index in [-0.39, 0.29) is 6.54 Å². The van der Waals surface area contributed by atoms with Crippen LogP contribution in [0.3, 0.4) is 0 Å². The summed E-state index contributed by atoms with van der Waals surface area (Å²) in [5.74, 6) is -0.937. The maximum Gasteiger partial charge on any atom is 0.319 e. The molecule has 20 heavy (non-hydrogen) atoms. The molecule has 0 aliphatic heterocycles. The second-order valence-corrected chi connectivity index (χ2v) is 5.94. The van der Waals surface area contributed by atoms with Crippen LogP contribution in [0.1, 0.15) is 20.3 Å². The largest absolute Gasteiger partial charge is 0.481 e. The van der Waals surface area contributed by atoms with Crippen LogP contribution in [0, 0.1) is 5.41 Å². The topological polar surface area (TPSA) is 78.4 Å². The van der Waals surface area contributed by atoms with Crippen molar-refractivity contribution in [2.24, 2.45) is 5.41 Å². The summed E-state index contributed by atoms with van der Waals surface area (Å²) in [5.41, 5.74) is -0.422. The molecule has 3 N–H and O–H groups in total. The van der Waals surface area contributed by atoms with Gasteiger partial charge < -0.3 is 15.7 Å². The SMILES string of the molecule is CCC(C)(CNC(=O)Nc1ccc(Cl)cc1Br)C(=O)O. The first-order valence-electron chi connectivity index (χ1n) is 6.02. The molecular formula is C13H16BrClN2O3. The number of nitrogens with one attached hydrogen (secondary N) is 2. The normalized spacial score (nSPS) is 13.4. The molecule has 0 saturated heterocycles. The molecule has 7 heteroatoms. The van der Waals surface area contributed by atoms with Gasteiger partial charge in [-0.15, -0.1) is 0 Å². The third-order valence-electron chi connectivity index (χ3n) is 3.12. The molecule has 1 aromatic rings. The van der Waals surface area contributed by atoms with Gasteiger partial charge in [0.25, 0.3) is 0 Å². The van der Waals surface area contributed by atoms with Crippen molar-refractivity contribution in [3.8, 4) is 0 Å². The number of urea groups is 1. The highest BCUT2D eigenvalue weighted by molar-refractivity contribution is 9.10. The summed E-state index contributed by atoms with van der Waals surface area (Å²) < 4.78 is 0.650. The van der Waals surface area contributed by atoms with Crippen LogP contribution in [0.4, 0.5) is 10.5 Å². The predicted molar refractivity (Wildman–Crippen MR) is 82.2 cm³/mol. The molecule has 110 valence electrons. The summed E-state index contributed by atoms with van der Waals surface area (Å²) in [6, 6.07) is 4.50. The number of halogens is 2. The van der Waals surface area contributed by atoms with Gasteiger partial charge >= 0.3 is 12.0 Å². The minimum atomic E-state index is -0.978. The van der Waals surface area contributed by atoms with Crippen LogP contribution in [0.15, 0.2) is 22.7 Å². The zero-order valence-corrected chi connectivity index (χ0v) is 13.5. The third-order valence-corrected chi connectivity index (χ3v) is 4.01. The first kappa shape index (κ1) is 16.8. The van der Waals surface area contributed by atoms with E-state index in [0.29, 0.717) is 21.6 Å². The third kappa shape index (κ3) is 4.38. The fourth-order valence-electron chi connectivity index (χ4n) is 1.38. The molecule has 0 spiro atoms. The van der Waals surface area contributed by atoms with Gasteiger partial charge in [-0.1, -0.05) is 18.5 Å². The highest BCUT2D eigenvalue weighted by Crippen LogP contribution is 2.26. The monoisotopic (exact) mass is 362 g/mol. The van der Waals surface area contributed by atoms with Crippen LogP contribution < -0.4 is 10.6 Å². The molecule has 1 unspecified atom stereocenters. The fraction of sp³-hybridized carbons (Fsp3) is 0.385. The number of hydrogen-bond donors (Lipinski definition) is 3. The number of rotatable bonds is 5. The average Bonchev–Trinajstić information content (AvgIpc) is 2.39. The molecule has 1 atom stereocenters. The lowest BCUT2D eigenvalue weighted by atomic mass is 9.88. The number of amides is 2. The second kappa shape index (κ2) is 6.95. The predicted octanol–water partition coefficient (Wildman–Crippen LogP) is 3.72. The summed E-state index contributed by atoms with van der Waals surface area (Å²) in [6.07, 6.45) is 0.424. The van der Waals surface area contributed by atoms with Gasteiger partial charge in [0.05, 0.1) is 11.1 Å². The highest BCUT2D eigenvalue weighted by atomic mass is 79.9. The van der Waals surface area contributed by atoms with Crippen LogP contribution in [0.25, 0.3) is 0 Å². The Morgan fingerprint density at radius 3 is 2.60 bits per heavy atom. The lowest BCUT2D eigenvalue weighted by Gasteiger charge is -2.23. The van der Waals surface area contributed by atoms with E-state index in [9.17, 15) is 9.59 Å². The number of carboxylic acids is 1. The highest BCUT2D eigenvalue weighted by Gasteiger charge is 2.31. The van der Waals surface area contributed by atoms with Gasteiger partial charge in [0.15, 0.2) is 0 Å². The van der Waals surface area contributed by atoms with Crippen LogP contribution >= 0.6 is 27.5 Å². The van der Waals surface area contributed by atoms with E-state index in [1.54, 1.807) is 32.0 Å². The van der Waals surface area contributed by atoms with Gasteiger partial charge in [0.2, 0.25) is 0 Å². The molecule has 0 heterocycles. The summed E-state index contributed by atoms with van der Waals surface area (Å²) in [4.78, 5) is 22.9. The van der Waals surface area contributed by atoms with Gasteiger partial charge in [0, 0.05) is 16.0 Å². The van der Waals surface area contributed by atoms with Gasteiger partial charge in [0.1, 0.15) is 0 Å². The molecule has 0 bridgehead atoms. The standard InChI is InChI=1S/C13H16BrClN2O3/c1-3-13(2,11(18)19)7-16-12(20)17-10-5-4-8(15)6-9(10)14/h4-6H,3,7H2,1-2H3,(H,18,19)(H2,16,17,20). The van der Waals surface area contributed by atoms with Gasteiger partial charge in [-0.05, 0) is 47.5 Å². The van der Waals surface area contributed by atoms with E-state index >= 15 is 0 Å². The van der Waals surface area contributed by atoms with Crippen molar-refractivity contribution in [3.05, 3.63) is 27.7 Å². The van der Waals surface area contributed by atoms with Crippen molar-refractivity contribution in [1.82, 2.24) is 5.32 Å². The second-order valence-electron chi connectivity index (χ2n) is 4.65. The Kier molecular flexibility index (Phi) is 5.83. The van der Waals surface area contributed by atoms with Gasteiger partial charge in [-0.3, -0.25) is 4.79 Å².